The number of hydrogen-bond donors (Lipinski definition) is 1. The number of nitrogens with two attached hydrogens (primary N) is 1. The molecule has 1 aliphatic heterocycles. The minimum atomic E-state index is -1.60. The molecule has 1 unspecified atom stereocenters. The second kappa shape index (κ2) is 6.22. The molecule has 1 aliphatic rings. The molecule has 1 fully saturated rings. The number of carbonyl (C=O) groups excluding carboxylic acids is 3. The molecular weight excluding hydrogens is 315 g/mol. The number of likely N-dealkylation sites (tertiary alicyclic amines) is 1. The zero-order chi connectivity index (χ0) is 18.1. The number of carbonyl (C=O) groups is 3. The van der Waals surface area contributed by atoms with Crippen molar-refractivity contribution in [3.8, 4) is 0 Å². The normalized spacial score (nSPS) is 21.2. The highest BCUT2D eigenvalue weighted by atomic mass is 19.1. The van der Waals surface area contributed by atoms with Crippen molar-refractivity contribution >= 4 is 17.9 Å². The number of imide groups is 1. The van der Waals surface area contributed by atoms with Gasteiger partial charge in [0.1, 0.15) is 5.82 Å². The quantitative estimate of drug-likeness (QED) is 0.852. The lowest BCUT2D eigenvalue weighted by molar-refractivity contribution is -0.154. The highest BCUT2D eigenvalue weighted by Gasteiger charge is 2.61. The SMILES string of the molecule is CC(C)(C)C1(OC(N)=O)CC(=O)N(CCc2ccc(F)cc2)C1=O. The Morgan fingerprint density at radius 2 is 1.88 bits per heavy atom. The Kier molecular flexibility index (Phi) is 4.64. The van der Waals surface area contributed by atoms with Gasteiger partial charge in [-0.1, -0.05) is 32.9 Å². The van der Waals surface area contributed by atoms with Crippen molar-refractivity contribution < 1.29 is 23.5 Å². The average Bonchev–Trinajstić information content (AvgIpc) is 2.70. The summed E-state index contributed by atoms with van der Waals surface area (Å²) in [6, 6.07) is 5.83. The van der Waals surface area contributed by atoms with Gasteiger partial charge in [-0.2, -0.15) is 0 Å². The average molecular weight is 336 g/mol. The number of rotatable bonds is 4. The summed E-state index contributed by atoms with van der Waals surface area (Å²) in [5.41, 5.74) is 3.51. The van der Waals surface area contributed by atoms with Crippen LogP contribution in [0.2, 0.25) is 0 Å². The highest BCUT2D eigenvalue weighted by Crippen LogP contribution is 2.42. The second-order valence-corrected chi connectivity index (χ2v) is 6.90. The number of benzene rings is 1. The van der Waals surface area contributed by atoms with Crippen LogP contribution in [0.15, 0.2) is 24.3 Å². The summed E-state index contributed by atoms with van der Waals surface area (Å²) in [6.07, 6.45) is -0.942. The third-order valence-electron chi connectivity index (χ3n) is 4.32. The monoisotopic (exact) mass is 336 g/mol. The van der Waals surface area contributed by atoms with Crippen LogP contribution in [0, 0.1) is 11.2 Å². The van der Waals surface area contributed by atoms with Crippen LogP contribution < -0.4 is 5.73 Å². The first kappa shape index (κ1) is 17.9. The van der Waals surface area contributed by atoms with Crippen LogP contribution >= 0.6 is 0 Å². The van der Waals surface area contributed by atoms with Gasteiger partial charge in [-0.25, -0.2) is 9.18 Å². The molecule has 6 nitrogen and oxygen atoms in total. The van der Waals surface area contributed by atoms with Gasteiger partial charge in [-0.05, 0) is 24.1 Å². The summed E-state index contributed by atoms with van der Waals surface area (Å²) in [5, 5.41) is 0. The first-order valence-electron chi connectivity index (χ1n) is 7.64. The Morgan fingerprint density at radius 1 is 1.29 bits per heavy atom. The molecule has 0 spiro atoms. The van der Waals surface area contributed by atoms with Crippen molar-refractivity contribution in [1.29, 1.82) is 0 Å². The molecule has 1 aromatic carbocycles. The number of halogens is 1. The van der Waals surface area contributed by atoms with Crippen molar-refractivity contribution in [2.45, 2.75) is 39.2 Å². The standard InChI is InChI=1S/C17H21FN2O4/c1-16(2,3)17(24-15(19)23)10-13(21)20(14(17)22)9-8-11-4-6-12(18)7-5-11/h4-7H,8-10H2,1-3H3,(H2,19,23). The topological polar surface area (TPSA) is 89.7 Å². The van der Waals surface area contributed by atoms with Crippen molar-refractivity contribution in [3.63, 3.8) is 0 Å². The van der Waals surface area contributed by atoms with Gasteiger partial charge in [-0.15, -0.1) is 0 Å². The van der Waals surface area contributed by atoms with E-state index in [9.17, 15) is 18.8 Å². The first-order chi connectivity index (χ1) is 11.1. The fourth-order valence-electron chi connectivity index (χ4n) is 2.82. The molecule has 3 amide bonds. The predicted octanol–water partition coefficient (Wildman–Crippen LogP) is 2.01. The molecule has 1 atom stereocenters. The molecule has 1 heterocycles. The zero-order valence-electron chi connectivity index (χ0n) is 14.0. The minimum absolute atomic E-state index is 0.128. The fourth-order valence-corrected chi connectivity index (χ4v) is 2.82. The summed E-state index contributed by atoms with van der Waals surface area (Å²) in [5.74, 6) is -1.34. The van der Waals surface area contributed by atoms with Gasteiger partial charge in [0.25, 0.3) is 5.91 Å². The molecule has 2 rings (SSSR count). The Bertz CT molecular complexity index is 666. The van der Waals surface area contributed by atoms with Crippen molar-refractivity contribution in [3.05, 3.63) is 35.6 Å². The van der Waals surface area contributed by atoms with Gasteiger partial charge in [0.15, 0.2) is 0 Å². The minimum Gasteiger partial charge on any atom is -0.432 e. The molecule has 7 heteroatoms. The van der Waals surface area contributed by atoms with E-state index < -0.39 is 28.9 Å². The zero-order valence-corrected chi connectivity index (χ0v) is 14.0. The smallest absolute Gasteiger partial charge is 0.405 e. The number of ether oxygens (including phenoxy) is 1. The highest BCUT2D eigenvalue weighted by molar-refractivity contribution is 6.09. The molecule has 0 aliphatic carbocycles. The van der Waals surface area contributed by atoms with Crippen molar-refractivity contribution in [2.24, 2.45) is 11.1 Å². The predicted molar refractivity (Wildman–Crippen MR) is 84.3 cm³/mol. The van der Waals surface area contributed by atoms with E-state index in [0.29, 0.717) is 6.42 Å². The third kappa shape index (κ3) is 3.25. The number of primary amides is 1. The van der Waals surface area contributed by atoms with Crippen LogP contribution in [0.5, 0.6) is 0 Å². The molecule has 0 saturated carbocycles. The van der Waals surface area contributed by atoms with Gasteiger partial charge in [0.05, 0.1) is 6.42 Å². The summed E-state index contributed by atoms with van der Waals surface area (Å²) < 4.78 is 18.0. The lowest BCUT2D eigenvalue weighted by atomic mass is 9.75. The molecule has 0 radical (unpaired) electrons. The maximum Gasteiger partial charge on any atom is 0.405 e. The van der Waals surface area contributed by atoms with E-state index in [1.54, 1.807) is 32.9 Å². The largest absolute Gasteiger partial charge is 0.432 e. The van der Waals surface area contributed by atoms with Crippen molar-refractivity contribution in [1.82, 2.24) is 4.90 Å². The second-order valence-electron chi connectivity index (χ2n) is 6.90. The number of amides is 3. The maximum atomic E-state index is 12.9. The lowest BCUT2D eigenvalue weighted by Gasteiger charge is -2.37. The van der Waals surface area contributed by atoms with Crippen LogP contribution in [0.1, 0.15) is 32.8 Å². The molecule has 2 N–H and O–H groups in total. The van der Waals surface area contributed by atoms with E-state index in [1.165, 1.54) is 12.1 Å². The molecule has 0 bridgehead atoms. The Balaban J connectivity index is 2.20. The Hall–Kier alpha value is -2.44. The van der Waals surface area contributed by atoms with Crippen LogP contribution in [0.25, 0.3) is 0 Å². The van der Waals surface area contributed by atoms with Gasteiger partial charge in [0.2, 0.25) is 11.5 Å². The van der Waals surface area contributed by atoms with Crippen LogP contribution in [-0.2, 0) is 20.7 Å². The van der Waals surface area contributed by atoms with Crippen LogP contribution in [0.3, 0.4) is 0 Å². The van der Waals surface area contributed by atoms with E-state index in [4.69, 9.17) is 10.5 Å². The summed E-state index contributed by atoms with van der Waals surface area (Å²) in [7, 11) is 0. The lowest BCUT2D eigenvalue weighted by Crippen LogP contribution is -2.54. The van der Waals surface area contributed by atoms with Gasteiger partial charge in [-0.3, -0.25) is 14.5 Å². The number of nitrogens with zero attached hydrogens (tertiary/aromatic N) is 1. The molecule has 1 aromatic rings. The molecule has 130 valence electrons. The van der Waals surface area contributed by atoms with Gasteiger partial charge in [0, 0.05) is 12.0 Å². The molecular formula is C17H21FN2O4. The van der Waals surface area contributed by atoms with Crippen LogP contribution in [0.4, 0.5) is 9.18 Å². The first-order valence-corrected chi connectivity index (χ1v) is 7.64. The Labute approximate surface area is 139 Å². The number of hydrogen-bond acceptors (Lipinski definition) is 4. The van der Waals surface area contributed by atoms with E-state index >= 15 is 0 Å². The Morgan fingerprint density at radius 3 is 2.38 bits per heavy atom. The fraction of sp³-hybridized carbons (Fsp3) is 0.471. The van der Waals surface area contributed by atoms with E-state index in [-0.39, 0.29) is 18.8 Å². The molecule has 1 saturated heterocycles. The van der Waals surface area contributed by atoms with Crippen molar-refractivity contribution in [2.75, 3.05) is 6.54 Å². The molecule has 0 aromatic heterocycles. The maximum absolute atomic E-state index is 12.9. The third-order valence-corrected chi connectivity index (χ3v) is 4.32. The van der Waals surface area contributed by atoms with Crippen LogP contribution in [-0.4, -0.2) is 35.0 Å². The van der Waals surface area contributed by atoms with E-state index in [0.717, 1.165) is 10.5 Å². The van der Waals surface area contributed by atoms with Gasteiger partial charge < -0.3 is 10.5 Å². The van der Waals surface area contributed by atoms with Gasteiger partial charge >= 0.3 is 6.09 Å². The van der Waals surface area contributed by atoms with E-state index in [2.05, 4.69) is 0 Å². The molecule has 24 heavy (non-hydrogen) atoms. The summed E-state index contributed by atoms with van der Waals surface area (Å²) in [4.78, 5) is 37.5. The summed E-state index contributed by atoms with van der Waals surface area (Å²) in [6.45, 7) is 5.27. The summed E-state index contributed by atoms with van der Waals surface area (Å²) >= 11 is 0. The van der Waals surface area contributed by atoms with E-state index in [1.807, 2.05) is 0 Å².